The smallest absolute Gasteiger partial charge is 0.339 e. The first kappa shape index (κ1) is 32.1. The number of benzene rings is 2. The quantitative estimate of drug-likeness (QED) is 0.279. The number of carboxylic acid groups (broad SMARTS) is 3. The molecule has 0 aliphatic heterocycles. The fourth-order valence-electron chi connectivity index (χ4n) is 2.88. The fraction of sp³-hybridized carbons (Fsp3) is 0.214. The van der Waals surface area contributed by atoms with Crippen LogP contribution < -0.4 is 9.64 Å². The molecule has 0 radical (unpaired) electrons. The summed E-state index contributed by atoms with van der Waals surface area (Å²) in [6.07, 6.45) is 2.96. The number of hydrogen-bond acceptors (Lipinski definition) is 8. The highest BCUT2D eigenvalue weighted by molar-refractivity contribution is 5.90. The summed E-state index contributed by atoms with van der Waals surface area (Å²) in [6.45, 7) is 2.78. The van der Waals surface area contributed by atoms with Crippen LogP contribution in [0.5, 0.6) is 11.5 Å². The first-order valence-electron chi connectivity index (χ1n) is 11.6. The number of carbonyl (C=O) groups is 3. The Morgan fingerprint density at radius 3 is 1.87 bits per heavy atom. The third kappa shape index (κ3) is 13.8. The van der Waals surface area contributed by atoms with Gasteiger partial charge < -0.3 is 35.0 Å². The van der Waals surface area contributed by atoms with Gasteiger partial charge >= 0.3 is 17.9 Å². The van der Waals surface area contributed by atoms with Gasteiger partial charge in [-0.2, -0.15) is 0 Å². The van der Waals surface area contributed by atoms with Gasteiger partial charge in [0.05, 0.1) is 7.11 Å². The maximum Gasteiger partial charge on any atom is 0.339 e. The fourth-order valence-corrected chi connectivity index (χ4v) is 2.88. The molecule has 0 saturated heterocycles. The van der Waals surface area contributed by atoms with E-state index in [4.69, 9.17) is 25.2 Å². The Kier molecular flexibility index (Phi) is 14.4. The molecular weight excluding hydrogens is 506 g/mol. The minimum atomic E-state index is -1.26. The van der Waals surface area contributed by atoms with E-state index in [-0.39, 0.29) is 11.3 Å². The molecule has 4 N–H and O–H groups in total. The van der Waals surface area contributed by atoms with Gasteiger partial charge in [-0.3, -0.25) is 0 Å². The number of likely N-dealkylation sites (N-methyl/N-ethyl adjacent to an activating group) is 1. The highest BCUT2D eigenvalue weighted by atomic mass is 16.5. The van der Waals surface area contributed by atoms with E-state index in [0.717, 1.165) is 31.2 Å². The number of aromatic hydroxyl groups is 1. The number of aromatic carboxylic acids is 1. The maximum absolute atomic E-state index is 10.3. The molecule has 39 heavy (non-hydrogen) atoms. The predicted octanol–water partition coefficient (Wildman–Crippen LogP) is 3.46. The Balaban J connectivity index is 0.000000350. The minimum absolute atomic E-state index is 0.0671. The molecule has 0 bridgehead atoms. The molecule has 0 spiro atoms. The predicted molar refractivity (Wildman–Crippen MR) is 146 cm³/mol. The van der Waals surface area contributed by atoms with Crippen LogP contribution in [0.15, 0.2) is 85.1 Å². The van der Waals surface area contributed by atoms with E-state index in [0.29, 0.717) is 12.2 Å². The van der Waals surface area contributed by atoms with Gasteiger partial charge in [0.1, 0.15) is 22.9 Å². The lowest BCUT2D eigenvalue weighted by molar-refractivity contribution is -0.134. The molecule has 0 amide bonds. The molecule has 0 aliphatic rings. The van der Waals surface area contributed by atoms with Crippen LogP contribution in [0.3, 0.4) is 0 Å². The SMILES string of the molecule is COc1ccc(CN(CCN(C)C)c2ccccn2)cc1.O=C(O)/C=C\C(=O)O.O=C(O)c1ccccc1O. The van der Waals surface area contributed by atoms with E-state index in [9.17, 15) is 14.4 Å². The van der Waals surface area contributed by atoms with E-state index in [1.807, 2.05) is 30.5 Å². The normalized spacial score (nSPS) is 10.1. The summed E-state index contributed by atoms with van der Waals surface area (Å²) in [5.41, 5.74) is 1.18. The van der Waals surface area contributed by atoms with Crippen molar-refractivity contribution in [1.82, 2.24) is 9.88 Å². The Morgan fingerprint density at radius 1 is 0.846 bits per heavy atom. The zero-order chi connectivity index (χ0) is 29.2. The van der Waals surface area contributed by atoms with E-state index >= 15 is 0 Å². The summed E-state index contributed by atoms with van der Waals surface area (Å²) in [5, 5.41) is 32.9. The average Bonchev–Trinajstić information content (AvgIpc) is 2.91. The van der Waals surface area contributed by atoms with Crippen molar-refractivity contribution in [3.63, 3.8) is 0 Å². The largest absolute Gasteiger partial charge is 0.507 e. The molecule has 0 saturated carbocycles. The van der Waals surface area contributed by atoms with E-state index in [1.165, 1.54) is 17.7 Å². The molecule has 11 heteroatoms. The van der Waals surface area contributed by atoms with Gasteiger partial charge in [-0.15, -0.1) is 0 Å². The number of methoxy groups -OCH3 is 1. The average molecular weight is 540 g/mol. The topological polar surface area (TPSA) is 161 Å². The number of hydrogen-bond donors (Lipinski definition) is 4. The highest BCUT2D eigenvalue weighted by Crippen LogP contribution is 2.17. The van der Waals surface area contributed by atoms with Crippen molar-refractivity contribution >= 4 is 23.7 Å². The molecule has 0 fully saturated rings. The minimum Gasteiger partial charge on any atom is -0.507 e. The summed E-state index contributed by atoms with van der Waals surface area (Å²) in [7, 11) is 5.86. The van der Waals surface area contributed by atoms with E-state index < -0.39 is 17.9 Å². The van der Waals surface area contributed by atoms with Crippen molar-refractivity contribution in [2.24, 2.45) is 0 Å². The monoisotopic (exact) mass is 539 g/mol. The summed E-state index contributed by atoms with van der Waals surface area (Å²) in [6, 6.07) is 20.0. The van der Waals surface area contributed by atoms with Crippen LogP contribution in [-0.4, -0.2) is 82.5 Å². The van der Waals surface area contributed by atoms with Crippen LogP contribution in [-0.2, 0) is 16.1 Å². The Bertz CT molecular complexity index is 1180. The second-order valence-corrected chi connectivity index (χ2v) is 8.09. The third-order valence-corrected chi connectivity index (χ3v) is 4.83. The van der Waals surface area contributed by atoms with Crippen LogP contribution in [0.25, 0.3) is 0 Å². The summed E-state index contributed by atoms with van der Waals surface area (Å²) >= 11 is 0. The van der Waals surface area contributed by atoms with Gasteiger partial charge in [0.15, 0.2) is 0 Å². The summed E-state index contributed by atoms with van der Waals surface area (Å²) in [4.78, 5) is 38.3. The lowest BCUT2D eigenvalue weighted by Gasteiger charge is -2.25. The molecular formula is C28H33N3O8. The number of para-hydroxylation sites is 1. The molecule has 3 aromatic rings. The number of aromatic nitrogens is 1. The molecule has 11 nitrogen and oxygen atoms in total. The highest BCUT2D eigenvalue weighted by Gasteiger charge is 2.09. The van der Waals surface area contributed by atoms with Crippen LogP contribution in [0.1, 0.15) is 15.9 Å². The van der Waals surface area contributed by atoms with Crippen LogP contribution in [0, 0.1) is 0 Å². The van der Waals surface area contributed by atoms with Crippen molar-refractivity contribution in [2.45, 2.75) is 6.54 Å². The van der Waals surface area contributed by atoms with E-state index in [1.54, 1.807) is 19.2 Å². The van der Waals surface area contributed by atoms with Gasteiger partial charge in [0, 0.05) is 38.0 Å². The zero-order valence-electron chi connectivity index (χ0n) is 22.0. The number of pyridine rings is 1. The van der Waals surface area contributed by atoms with Gasteiger partial charge in [-0.1, -0.05) is 30.3 Å². The van der Waals surface area contributed by atoms with Crippen LogP contribution in [0.4, 0.5) is 5.82 Å². The zero-order valence-corrected chi connectivity index (χ0v) is 22.0. The summed E-state index contributed by atoms with van der Waals surface area (Å²) in [5.74, 6) is -1.93. The van der Waals surface area contributed by atoms with Crippen molar-refractivity contribution in [1.29, 1.82) is 0 Å². The number of rotatable bonds is 10. The molecule has 3 rings (SSSR count). The Labute approximate surface area is 226 Å². The standard InChI is InChI=1S/C17H23N3O.C7H6O3.C4H4O4/c1-19(2)12-13-20(17-6-4-5-11-18-17)14-15-7-9-16(21-3)10-8-15;8-6-4-2-1-3-5(6)7(9)10;5-3(6)1-2-4(7)8/h4-11H,12-14H2,1-3H3;1-4,8H,(H,9,10);1-2H,(H,5,6)(H,7,8)/b;;2-1-. The second-order valence-electron chi connectivity index (χ2n) is 8.09. The first-order chi connectivity index (χ1) is 18.5. The van der Waals surface area contributed by atoms with E-state index in [2.05, 4.69) is 47.1 Å². The number of ether oxygens (including phenoxy) is 1. The van der Waals surface area contributed by atoms with Crippen molar-refractivity contribution in [2.75, 3.05) is 39.2 Å². The lowest BCUT2D eigenvalue weighted by Crippen LogP contribution is -2.31. The number of aliphatic carboxylic acids is 2. The number of nitrogens with zero attached hydrogens (tertiary/aromatic N) is 3. The Morgan fingerprint density at radius 2 is 1.44 bits per heavy atom. The molecule has 208 valence electrons. The molecule has 0 unspecified atom stereocenters. The van der Waals surface area contributed by atoms with Crippen LogP contribution in [0.2, 0.25) is 0 Å². The van der Waals surface area contributed by atoms with Crippen LogP contribution >= 0.6 is 0 Å². The molecule has 1 heterocycles. The third-order valence-electron chi connectivity index (χ3n) is 4.83. The first-order valence-corrected chi connectivity index (χ1v) is 11.6. The number of carboxylic acids is 3. The van der Waals surface area contributed by atoms with Crippen molar-refractivity contribution < 1.29 is 39.5 Å². The van der Waals surface area contributed by atoms with Gasteiger partial charge in [-0.05, 0) is 56.1 Å². The van der Waals surface area contributed by atoms with Crippen molar-refractivity contribution in [3.8, 4) is 11.5 Å². The molecule has 2 aromatic carbocycles. The molecule has 0 atom stereocenters. The lowest BCUT2D eigenvalue weighted by atomic mass is 10.2. The van der Waals surface area contributed by atoms with Gasteiger partial charge in [0.25, 0.3) is 0 Å². The molecule has 0 aliphatic carbocycles. The van der Waals surface area contributed by atoms with Gasteiger partial charge in [0.2, 0.25) is 0 Å². The van der Waals surface area contributed by atoms with Gasteiger partial charge in [-0.25, -0.2) is 19.4 Å². The second kappa shape index (κ2) is 17.5. The maximum atomic E-state index is 10.3. The number of phenols is 1. The molecule has 1 aromatic heterocycles. The number of anilines is 1. The summed E-state index contributed by atoms with van der Waals surface area (Å²) < 4.78 is 5.21. The van der Waals surface area contributed by atoms with Crippen molar-refractivity contribution in [3.05, 3.63) is 96.2 Å². The Hall–Kier alpha value is -4.90.